The molecule has 4 N–H and O–H groups in total. The van der Waals surface area contributed by atoms with E-state index in [9.17, 15) is 9.59 Å². The molecule has 2 aliphatic rings. The predicted molar refractivity (Wildman–Crippen MR) is 148 cm³/mol. The highest BCUT2D eigenvalue weighted by molar-refractivity contribution is 6.03. The molecule has 37 heavy (non-hydrogen) atoms. The number of hydrogen-bond donors (Lipinski definition) is 4. The largest absolute Gasteiger partial charge is 0.381 e. The van der Waals surface area contributed by atoms with E-state index in [0.29, 0.717) is 35.5 Å². The Morgan fingerprint density at radius 2 is 1.78 bits per heavy atom. The van der Waals surface area contributed by atoms with E-state index in [1.165, 1.54) is 0 Å². The number of nitrogens with one attached hydrogen (secondary N) is 4. The molecule has 0 saturated carbocycles. The van der Waals surface area contributed by atoms with Crippen LogP contribution in [0.4, 0.5) is 11.4 Å². The van der Waals surface area contributed by atoms with E-state index in [1.807, 2.05) is 36.4 Å². The number of hydrogen-bond acceptors (Lipinski definition) is 4. The molecule has 4 rings (SSSR count). The first kappa shape index (κ1) is 26.7. The standard InChI is InChI=1S/C29H39N5O3/c1-19(2)20(3)25-18-23(28(36)34-29-31-13-14-32-29)7-8-26(25)33-24-6-4-5-22(17-24)27(35)30-12-9-21-10-15-37-16-11-21/h4-8,17-21,33H,9-16H2,1-3H3,(H,30,35)(H2,31,32,34,36). The predicted octanol–water partition coefficient (Wildman–Crippen LogP) is 4.43. The molecule has 2 amide bonds. The van der Waals surface area contributed by atoms with Crippen molar-refractivity contribution in [2.75, 3.05) is 38.2 Å². The fourth-order valence-electron chi connectivity index (χ4n) is 4.64. The number of anilines is 2. The smallest absolute Gasteiger partial charge is 0.280 e. The van der Waals surface area contributed by atoms with Gasteiger partial charge in [0.05, 0.1) is 0 Å². The van der Waals surface area contributed by atoms with Crippen LogP contribution in [0.2, 0.25) is 0 Å². The van der Waals surface area contributed by atoms with Gasteiger partial charge < -0.3 is 26.0 Å². The molecule has 0 spiro atoms. The number of nitrogens with zero attached hydrogens (tertiary/aromatic N) is 1. The van der Waals surface area contributed by atoms with Crippen LogP contribution in [0.25, 0.3) is 0 Å². The highest BCUT2D eigenvalue weighted by Gasteiger charge is 2.19. The van der Waals surface area contributed by atoms with E-state index in [2.05, 4.69) is 47.0 Å². The second-order valence-electron chi connectivity index (χ2n) is 10.3. The summed E-state index contributed by atoms with van der Waals surface area (Å²) >= 11 is 0. The van der Waals surface area contributed by atoms with Crippen LogP contribution < -0.4 is 21.3 Å². The van der Waals surface area contributed by atoms with Crippen molar-refractivity contribution >= 4 is 29.1 Å². The first-order valence-corrected chi connectivity index (χ1v) is 13.4. The molecule has 2 fully saturated rings. The summed E-state index contributed by atoms with van der Waals surface area (Å²) in [6.07, 6.45) is 3.11. The zero-order chi connectivity index (χ0) is 26.2. The van der Waals surface area contributed by atoms with Crippen molar-refractivity contribution in [2.24, 2.45) is 16.8 Å². The number of rotatable bonds is 9. The van der Waals surface area contributed by atoms with E-state index in [4.69, 9.17) is 4.74 Å². The molecule has 0 aromatic heterocycles. The summed E-state index contributed by atoms with van der Waals surface area (Å²) in [5.41, 5.74) is 3.95. The quantitative estimate of drug-likeness (QED) is 0.402. The SMILES string of the molecule is CC(C)C(C)c1cc(C(=O)N=C2NCCN2)ccc1Nc1cccc(C(=O)NCCC2CCOCC2)c1. The lowest BCUT2D eigenvalue weighted by molar-refractivity contribution is 0.0636. The minimum Gasteiger partial charge on any atom is -0.381 e. The Morgan fingerprint density at radius 3 is 2.51 bits per heavy atom. The van der Waals surface area contributed by atoms with Gasteiger partial charge >= 0.3 is 0 Å². The van der Waals surface area contributed by atoms with Crippen LogP contribution in [0.15, 0.2) is 47.5 Å². The van der Waals surface area contributed by atoms with E-state index in [1.54, 1.807) is 6.07 Å². The molecule has 1 atom stereocenters. The molecule has 2 saturated heterocycles. The van der Waals surface area contributed by atoms with Crippen LogP contribution in [0.1, 0.15) is 72.2 Å². The van der Waals surface area contributed by atoms with Gasteiger partial charge in [-0.15, -0.1) is 0 Å². The van der Waals surface area contributed by atoms with Gasteiger partial charge in [0.25, 0.3) is 11.8 Å². The molecule has 198 valence electrons. The first-order chi connectivity index (χ1) is 17.9. The van der Waals surface area contributed by atoms with Crippen LogP contribution in [-0.4, -0.2) is 50.6 Å². The lowest BCUT2D eigenvalue weighted by Crippen LogP contribution is -2.27. The number of carbonyl (C=O) groups is 2. The molecule has 2 aromatic rings. The van der Waals surface area contributed by atoms with E-state index < -0.39 is 0 Å². The molecular formula is C29H39N5O3. The van der Waals surface area contributed by atoms with Gasteiger partial charge in [0, 0.05) is 55.3 Å². The maximum absolute atomic E-state index is 12.8. The minimum absolute atomic E-state index is 0.0688. The molecular weight excluding hydrogens is 466 g/mol. The number of ether oxygens (including phenoxy) is 1. The fraction of sp³-hybridized carbons (Fsp3) is 0.483. The Labute approximate surface area is 219 Å². The molecule has 2 heterocycles. The molecule has 8 nitrogen and oxygen atoms in total. The highest BCUT2D eigenvalue weighted by Crippen LogP contribution is 2.33. The Hall–Kier alpha value is -3.39. The Bertz CT molecular complexity index is 1120. The number of carbonyl (C=O) groups excluding carboxylic acids is 2. The third-order valence-electron chi connectivity index (χ3n) is 7.30. The Balaban J connectivity index is 1.46. The lowest BCUT2D eigenvalue weighted by atomic mass is 9.88. The van der Waals surface area contributed by atoms with Crippen molar-refractivity contribution in [3.05, 3.63) is 59.2 Å². The molecule has 2 aromatic carbocycles. The van der Waals surface area contributed by atoms with Gasteiger partial charge in [0.1, 0.15) is 0 Å². The normalized spacial score (nSPS) is 16.6. The summed E-state index contributed by atoms with van der Waals surface area (Å²) in [5.74, 6) is 1.38. The number of benzene rings is 2. The van der Waals surface area contributed by atoms with Gasteiger partial charge in [-0.2, -0.15) is 4.99 Å². The summed E-state index contributed by atoms with van der Waals surface area (Å²) in [4.78, 5) is 29.8. The number of guanidine groups is 1. The van der Waals surface area contributed by atoms with Crippen LogP contribution in [0.3, 0.4) is 0 Å². The maximum Gasteiger partial charge on any atom is 0.280 e. The van der Waals surface area contributed by atoms with Gasteiger partial charge in [-0.05, 0) is 79.0 Å². The van der Waals surface area contributed by atoms with Crippen molar-refractivity contribution < 1.29 is 14.3 Å². The van der Waals surface area contributed by atoms with Crippen LogP contribution in [0.5, 0.6) is 0 Å². The summed E-state index contributed by atoms with van der Waals surface area (Å²) < 4.78 is 5.42. The average molecular weight is 506 g/mol. The van der Waals surface area contributed by atoms with Gasteiger partial charge in [0.15, 0.2) is 5.96 Å². The van der Waals surface area contributed by atoms with Crippen molar-refractivity contribution in [3.8, 4) is 0 Å². The average Bonchev–Trinajstić information content (AvgIpc) is 3.42. The van der Waals surface area contributed by atoms with Crippen molar-refractivity contribution in [2.45, 2.75) is 46.0 Å². The molecule has 2 aliphatic heterocycles. The van der Waals surface area contributed by atoms with Gasteiger partial charge in [0.2, 0.25) is 0 Å². The first-order valence-electron chi connectivity index (χ1n) is 13.4. The van der Waals surface area contributed by atoms with Crippen molar-refractivity contribution in [1.29, 1.82) is 0 Å². The molecule has 0 bridgehead atoms. The molecule has 0 radical (unpaired) electrons. The molecule has 8 heteroatoms. The van der Waals surface area contributed by atoms with Crippen LogP contribution in [0, 0.1) is 11.8 Å². The van der Waals surface area contributed by atoms with E-state index in [-0.39, 0.29) is 17.7 Å². The highest BCUT2D eigenvalue weighted by atomic mass is 16.5. The third-order valence-corrected chi connectivity index (χ3v) is 7.30. The second kappa shape index (κ2) is 12.7. The van der Waals surface area contributed by atoms with Crippen LogP contribution in [-0.2, 0) is 4.74 Å². The minimum atomic E-state index is -0.278. The molecule has 0 aliphatic carbocycles. The van der Waals surface area contributed by atoms with E-state index in [0.717, 1.165) is 62.5 Å². The maximum atomic E-state index is 12.8. The van der Waals surface area contributed by atoms with Crippen molar-refractivity contribution in [3.63, 3.8) is 0 Å². The summed E-state index contributed by atoms with van der Waals surface area (Å²) in [6, 6.07) is 13.2. The lowest BCUT2D eigenvalue weighted by Gasteiger charge is -2.22. The monoisotopic (exact) mass is 505 g/mol. The number of aliphatic imine (C=N–C) groups is 1. The van der Waals surface area contributed by atoms with Crippen molar-refractivity contribution in [1.82, 2.24) is 16.0 Å². The zero-order valence-corrected chi connectivity index (χ0v) is 22.1. The summed E-state index contributed by atoms with van der Waals surface area (Å²) in [7, 11) is 0. The van der Waals surface area contributed by atoms with Gasteiger partial charge in [-0.3, -0.25) is 9.59 Å². The van der Waals surface area contributed by atoms with E-state index >= 15 is 0 Å². The topological polar surface area (TPSA) is 104 Å². The molecule has 1 unspecified atom stereocenters. The summed E-state index contributed by atoms with van der Waals surface area (Å²) in [5, 5.41) is 12.7. The number of amides is 2. The Morgan fingerprint density at radius 1 is 1.03 bits per heavy atom. The third kappa shape index (κ3) is 7.32. The zero-order valence-electron chi connectivity index (χ0n) is 22.1. The fourth-order valence-corrected chi connectivity index (χ4v) is 4.64. The van der Waals surface area contributed by atoms with Crippen LogP contribution >= 0.6 is 0 Å². The van der Waals surface area contributed by atoms with Gasteiger partial charge in [-0.1, -0.05) is 26.8 Å². The summed E-state index contributed by atoms with van der Waals surface area (Å²) in [6.45, 7) is 10.3. The van der Waals surface area contributed by atoms with Gasteiger partial charge in [-0.25, -0.2) is 0 Å². The Kier molecular flexibility index (Phi) is 9.17. The second-order valence-corrected chi connectivity index (χ2v) is 10.3.